The van der Waals surface area contributed by atoms with Gasteiger partial charge in [-0.2, -0.15) is 0 Å². The summed E-state index contributed by atoms with van der Waals surface area (Å²) in [6, 6.07) is 0. The molecule has 5 nitrogen and oxygen atoms in total. The van der Waals surface area contributed by atoms with Crippen molar-refractivity contribution in [2.45, 2.75) is 103 Å². The fourth-order valence-electron chi connectivity index (χ4n) is 5.60. The molecule has 0 aromatic carbocycles. The molecule has 3 rings (SSSR count). The lowest BCUT2D eigenvalue weighted by Gasteiger charge is -2.30. The van der Waals surface area contributed by atoms with Crippen molar-refractivity contribution in [3.63, 3.8) is 0 Å². The van der Waals surface area contributed by atoms with E-state index in [9.17, 15) is 9.90 Å². The number of ether oxygens (including phenoxy) is 3. The zero-order valence-electron chi connectivity index (χ0n) is 21.3. The van der Waals surface area contributed by atoms with Crippen LogP contribution in [0.1, 0.15) is 84.5 Å². The molecule has 0 bridgehead atoms. The molecule has 3 aliphatic rings. The highest BCUT2D eigenvalue weighted by atomic mass is 16.7. The lowest BCUT2D eigenvalue weighted by molar-refractivity contribution is -0.192. The summed E-state index contributed by atoms with van der Waals surface area (Å²) in [4.78, 5) is 11.5. The molecule has 0 amide bonds. The molecular weight excluding hydrogens is 428 g/mol. The van der Waals surface area contributed by atoms with Gasteiger partial charge in [0.15, 0.2) is 6.29 Å². The van der Waals surface area contributed by atoms with Gasteiger partial charge in [-0.1, -0.05) is 37.6 Å². The molecule has 2 aliphatic carbocycles. The molecule has 1 saturated carbocycles. The topological polar surface area (TPSA) is 65.0 Å². The van der Waals surface area contributed by atoms with E-state index in [1.54, 1.807) is 0 Å². The maximum Gasteiger partial charge on any atom is 0.305 e. The fourth-order valence-corrected chi connectivity index (χ4v) is 5.60. The summed E-state index contributed by atoms with van der Waals surface area (Å²) >= 11 is 0. The van der Waals surface area contributed by atoms with Crippen molar-refractivity contribution >= 4 is 5.97 Å². The number of aliphatic hydroxyl groups is 1. The highest BCUT2D eigenvalue weighted by Gasteiger charge is 2.44. The first-order chi connectivity index (χ1) is 16.5. The van der Waals surface area contributed by atoms with Crippen molar-refractivity contribution in [2.24, 2.45) is 23.7 Å². The van der Waals surface area contributed by atoms with Crippen molar-refractivity contribution < 1.29 is 24.1 Å². The van der Waals surface area contributed by atoms with E-state index in [-0.39, 0.29) is 30.2 Å². The number of esters is 1. The highest BCUT2D eigenvalue weighted by Crippen LogP contribution is 2.48. The van der Waals surface area contributed by atoms with E-state index in [0.29, 0.717) is 24.7 Å². The Labute approximate surface area is 206 Å². The van der Waals surface area contributed by atoms with Gasteiger partial charge >= 0.3 is 5.97 Å². The van der Waals surface area contributed by atoms with Crippen molar-refractivity contribution in [2.75, 3.05) is 13.7 Å². The minimum absolute atomic E-state index is 0.105. The second kappa shape index (κ2) is 14.1. The second-order valence-electron chi connectivity index (χ2n) is 10.2. The van der Waals surface area contributed by atoms with Crippen molar-refractivity contribution in [3.05, 3.63) is 23.8 Å². The number of hydrogen-bond donors (Lipinski definition) is 1. The minimum Gasteiger partial charge on any atom is -0.469 e. The van der Waals surface area contributed by atoms with Gasteiger partial charge in [0, 0.05) is 31.8 Å². The fraction of sp³-hybridized carbons (Fsp3) is 0.759. The van der Waals surface area contributed by atoms with Gasteiger partial charge in [-0.05, 0) is 69.1 Å². The first-order valence-electron chi connectivity index (χ1n) is 13.4. The third-order valence-corrected chi connectivity index (χ3v) is 7.64. The average molecular weight is 473 g/mol. The number of carbonyl (C=O) groups excluding carboxylic acids is 1. The molecule has 3 unspecified atom stereocenters. The smallest absolute Gasteiger partial charge is 0.305 e. The summed E-state index contributed by atoms with van der Waals surface area (Å²) < 4.78 is 17.2. The molecule has 190 valence electrons. The highest BCUT2D eigenvalue weighted by molar-refractivity contribution is 5.69. The molecule has 0 aromatic rings. The van der Waals surface area contributed by atoms with Crippen LogP contribution >= 0.6 is 0 Å². The Bertz CT molecular complexity index is 754. The van der Waals surface area contributed by atoms with E-state index in [1.165, 1.54) is 12.7 Å². The van der Waals surface area contributed by atoms with Crippen LogP contribution in [-0.2, 0) is 19.0 Å². The molecule has 0 radical (unpaired) electrons. The number of rotatable bonds is 10. The van der Waals surface area contributed by atoms with E-state index >= 15 is 0 Å². The molecule has 34 heavy (non-hydrogen) atoms. The standard InChI is InChI=1S/C29H44O5/c1-4-5-6-10-21(2)26(30)17-16-25-24-15-14-22(11-9-12-28(31)32-3)19-23(24)20-27(25)34-29-13-7-8-18-33-29/h16-17,19,21,23-27,29-30H,4,7-15,18,20H2,1-3H3/t21?,23-,24+,25+,26?,27+,29?/m1/s1. The van der Waals surface area contributed by atoms with Crippen LogP contribution in [0.4, 0.5) is 0 Å². The quantitative estimate of drug-likeness (QED) is 0.256. The Morgan fingerprint density at radius 3 is 2.91 bits per heavy atom. The minimum atomic E-state index is -0.496. The number of aliphatic hydroxyl groups excluding tert-OH is 1. The monoisotopic (exact) mass is 472 g/mol. The number of carbonyl (C=O) groups is 1. The maximum atomic E-state index is 11.5. The van der Waals surface area contributed by atoms with Crippen LogP contribution in [0.5, 0.6) is 0 Å². The normalized spacial score (nSPS) is 30.7. The van der Waals surface area contributed by atoms with E-state index in [2.05, 4.69) is 30.9 Å². The average Bonchev–Trinajstić information content (AvgIpc) is 3.19. The summed E-state index contributed by atoms with van der Waals surface area (Å²) in [6.07, 6.45) is 16.5. The molecule has 1 heterocycles. The van der Waals surface area contributed by atoms with Gasteiger partial charge in [-0.25, -0.2) is 0 Å². The molecule has 1 aliphatic heterocycles. The molecule has 0 aromatic heterocycles. The zero-order valence-corrected chi connectivity index (χ0v) is 21.3. The second-order valence-corrected chi connectivity index (χ2v) is 10.2. The predicted molar refractivity (Wildman–Crippen MR) is 134 cm³/mol. The van der Waals surface area contributed by atoms with Gasteiger partial charge in [0.1, 0.15) is 0 Å². The molecule has 1 saturated heterocycles. The molecule has 7 atom stereocenters. The van der Waals surface area contributed by atoms with E-state index in [1.807, 2.05) is 13.0 Å². The van der Waals surface area contributed by atoms with E-state index < -0.39 is 6.10 Å². The Hall–Kier alpha value is -1.61. The summed E-state index contributed by atoms with van der Waals surface area (Å²) in [5, 5.41) is 10.7. The third-order valence-electron chi connectivity index (χ3n) is 7.64. The van der Waals surface area contributed by atoms with Gasteiger partial charge in [-0.15, -0.1) is 11.8 Å². The molecule has 0 spiro atoms. The number of methoxy groups -OCH3 is 1. The van der Waals surface area contributed by atoms with Crippen LogP contribution < -0.4 is 0 Å². The van der Waals surface area contributed by atoms with Crippen LogP contribution in [0, 0.1) is 35.5 Å². The Morgan fingerprint density at radius 2 is 2.18 bits per heavy atom. The van der Waals surface area contributed by atoms with E-state index in [4.69, 9.17) is 14.2 Å². The molecule has 2 fully saturated rings. The summed E-state index contributed by atoms with van der Waals surface area (Å²) in [5.74, 6) is 7.53. The first kappa shape index (κ1) is 27.0. The van der Waals surface area contributed by atoms with Gasteiger partial charge in [-0.3, -0.25) is 4.79 Å². The van der Waals surface area contributed by atoms with Gasteiger partial charge in [0.25, 0.3) is 0 Å². The predicted octanol–water partition coefficient (Wildman–Crippen LogP) is 5.57. The van der Waals surface area contributed by atoms with Crippen LogP contribution in [0.15, 0.2) is 23.8 Å². The van der Waals surface area contributed by atoms with Crippen molar-refractivity contribution in [1.82, 2.24) is 0 Å². The Balaban J connectivity index is 1.65. The van der Waals surface area contributed by atoms with E-state index in [0.717, 1.165) is 64.4 Å². The molecule has 1 N–H and O–H groups in total. The zero-order chi connectivity index (χ0) is 24.3. The number of allylic oxidation sites excluding steroid dienone is 2. The Morgan fingerprint density at radius 1 is 1.32 bits per heavy atom. The largest absolute Gasteiger partial charge is 0.469 e. The van der Waals surface area contributed by atoms with Gasteiger partial charge in [0.2, 0.25) is 0 Å². The van der Waals surface area contributed by atoms with Crippen LogP contribution in [0.2, 0.25) is 0 Å². The Kier molecular flexibility index (Phi) is 11.2. The molecular formula is C29H44O5. The summed E-state index contributed by atoms with van der Waals surface area (Å²) in [7, 11) is 1.45. The lowest BCUT2D eigenvalue weighted by atomic mass is 9.78. The van der Waals surface area contributed by atoms with Gasteiger partial charge < -0.3 is 19.3 Å². The van der Waals surface area contributed by atoms with Crippen molar-refractivity contribution in [1.29, 1.82) is 0 Å². The first-order valence-corrected chi connectivity index (χ1v) is 13.4. The van der Waals surface area contributed by atoms with Gasteiger partial charge in [0.05, 0.1) is 19.3 Å². The van der Waals surface area contributed by atoms with Crippen LogP contribution in [0.25, 0.3) is 0 Å². The number of hydrogen-bond acceptors (Lipinski definition) is 5. The SMILES string of the molecule is CCC#CCC(C)C(O)C=C[C@H]1[C@H]2CCC(CCCC(=O)OC)=C[C@@H]2C[C@@H]1OC1CCCCO1. The summed E-state index contributed by atoms with van der Waals surface area (Å²) in [6.45, 7) is 4.89. The number of fused-ring (bicyclic) bond motifs is 1. The van der Waals surface area contributed by atoms with Crippen LogP contribution in [0.3, 0.4) is 0 Å². The summed E-state index contributed by atoms with van der Waals surface area (Å²) in [5.41, 5.74) is 1.46. The lowest BCUT2D eigenvalue weighted by Crippen LogP contribution is -2.31. The van der Waals surface area contributed by atoms with Crippen molar-refractivity contribution in [3.8, 4) is 11.8 Å². The molecule has 5 heteroatoms. The third kappa shape index (κ3) is 7.97. The van der Waals surface area contributed by atoms with Crippen LogP contribution in [-0.4, -0.2) is 43.3 Å². The maximum absolute atomic E-state index is 11.5.